The molecule has 1 rings (SSSR count). The molecule has 1 aliphatic heterocycles. The number of rotatable bonds is 9. The maximum atomic E-state index is 12.4. The minimum absolute atomic E-state index is 0.0726. The fraction of sp³-hybridized carbons (Fsp3) is 0.714. The van der Waals surface area contributed by atoms with Crippen molar-refractivity contribution in [2.75, 3.05) is 18.8 Å². The molecule has 0 bridgehead atoms. The van der Waals surface area contributed by atoms with Gasteiger partial charge in [-0.05, 0) is 25.7 Å². The largest absolute Gasteiger partial charge is 0.480 e. The first-order valence-electron chi connectivity index (χ1n) is 8.03. The minimum Gasteiger partial charge on any atom is -0.480 e. The van der Waals surface area contributed by atoms with Crippen LogP contribution in [0, 0.1) is 0 Å². The highest BCUT2D eigenvalue weighted by Gasteiger charge is 2.37. The zero-order valence-corrected chi connectivity index (χ0v) is 14.8. The fourth-order valence-corrected chi connectivity index (χ4v) is 2.78. The van der Waals surface area contributed by atoms with Gasteiger partial charge in [-0.2, -0.15) is 12.6 Å². The highest BCUT2D eigenvalue weighted by molar-refractivity contribution is 7.80. The number of nitrogens with two attached hydrogens (primary N) is 3. The second-order valence-electron chi connectivity index (χ2n) is 5.83. The maximum Gasteiger partial charge on any atom is 0.326 e. The van der Waals surface area contributed by atoms with Crippen molar-refractivity contribution in [1.29, 1.82) is 0 Å². The van der Waals surface area contributed by atoms with E-state index in [9.17, 15) is 19.5 Å². The summed E-state index contributed by atoms with van der Waals surface area (Å²) in [4.78, 5) is 41.1. The number of likely N-dealkylation sites (tertiary alicyclic amines) is 1. The third-order valence-corrected chi connectivity index (χ3v) is 4.31. The van der Waals surface area contributed by atoms with E-state index in [0.29, 0.717) is 25.8 Å². The first-order chi connectivity index (χ1) is 11.8. The first kappa shape index (κ1) is 21.0. The number of thiol groups is 1. The molecule has 3 unspecified atom stereocenters. The lowest BCUT2D eigenvalue weighted by atomic mass is 10.1. The number of guanidine groups is 1. The number of aliphatic carboxylic acids is 1. The van der Waals surface area contributed by atoms with E-state index >= 15 is 0 Å². The topological polar surface area (TPSA) is 177 Å². The molecule has 0 aromatic carbocycles. The molecule has 11 heteroatoms. The fourth-order valence-electron chi connectivity index (χ4n) is 2.62. The molecule has 3 atom stereocenters. The number of carboxylic acids is 1. The van der Waals surface area contributed by atoms with Gasteiger partial charge in [-0.3, -0.25) is 14.6 Å². The summed E-state index contributed by atoms with van der Waals surface area (Å²) >= 11 is 3.99. The Bertz CT molecular complexity index is 525. The van der Waals surface area contributed by atoms with E-state index in [-0.39, 0.29) is 30.6 Å². The van der Waals surface area contributed by atoms with Gasteiger partial charge in [0.2, 0.25) is 11.8 Å². The number of carbonyl (C=O) groups excluding carboxylic acids is 2. The molecular weight excluding hydrogens is 348 g/mol. The molecule has 0 saturated carbocycles. The van der Waals surface area contributed by atoms with Crippen molar-refractivity contribution in [3.63, 3.8) is 0 Å². The number of hydrogen-bond acceptors (Lipinski definition) is 6. The molecular formula is C14H26N6O4S. The molecule has 25 heavy (non-hydrogen) atoms. The summed E-state index contributed by atoms with van der Waals surface area (Å²) in [6, 6.07) is -2.57. The molecule has 0 aromatic heterocycles. The monoisotopic (exact) mass is 374 g/mol. The highest BCUT2D eigenvalue weighted by atomic mass is 32.1. The van der Waals surface area contributed by atoms with Gasteiger partial charge in [-0.25, -0.2) is 4.79 Å². The Labute approximate surface area is 151 Å². The number of hydrogen-bond donors (Lipinski definition) is 6. The normalized spacial score (nSPS) is 19.1. The number of nitrogens with one attached hydrogen (secondary N) is 1. The average molecular weight is 374 g/mol. The third kappa shape index (κ3) is 6.42. The van der Waals surface area contributed by atoms with Gasteiger partial charge in [0.15, 0.2) is 5.96 Å². The molecule has 0 aliphatic carbocycles. The van der Waals surface area contributed by atoms with Crippen molar-refractivity contribution >= 4 is 36.4 Å². The number of carbonyl (C=O) groups is 3. The van der Waals surface area contributed by atoms with Crippen LogP contribution in [0.3, 0.4) is 0 Å². The Morgan fingerprint density at radius 3 is 2.60 bits per heavy atom. The second kappa shape index (κ2) is 10.1. The van der Waals surface area contributed by atoms with Crippen molar-refractivity contribution in [3.8, 4) is 0 Å². The Morgan fingerprint density at radius 2 is 2.04 bits per heavy atom. The average Bonchev–Trinajstić information content (AvgIpc) is 3.05. The van der Waals surface area contributed by atoms with Gasteiger partial charge in [0.1, 0.15) is 12.1 Å². The predicted molar refractivity (Wildman–Crippen MR) is 96.0 cm³/mol. The summed E-state index contributed by atoms with van der Waals surface area (Å²) in [5, 5.41) is 11.7. The van der Waals surface area contributed by atoms with E-state index in [4.69, 9.17) is 17.2 Å². The second-order valence-corrected chi connectivity index (χ2v) is 6.19. The van der Waals surface area contributed by atoms with Crippen LogP contribution in [-0.2, 0) is 14.4 Å². The van der Waals surface area contributed by atoms with Gasteiger partial charge >= 0.3 is 5.97 Å². The van der Waals surface area contributed by atoms with E-state index < -0.39 is 30.0 Å². The Morgan fingerprint density at radius 1 is 1.36 bits per heavy atom. The van der Waals surface area contributed by atoms with Crippen molar-refractivity contribution in [1.82, 2.24) is 10.2 Å². The van der Waals surface area contributed by atoms with Crippen LogP contribution < -0.4 is 22.5 Å². The zero-order chi connectivity index (χ0) is 19.0. The molecule has 1 fully saturated rings. The minimum atomic E-state index is -1.15. The van der Waals surface area contributed by atoms with Gasteiger partial charge in [0.05, 0.1) is 6.04 Å². The number of carboxylic acid groups (broad SMARTS) is 1. The summed E-state index contributed by atoms with van der Waals surface area (Å²) in [6.07, 6.45) is 1.70. The third-order valence-electron chi connectivity index (χ3n) is 3.91. The van der Waals surface area contributed by atoms with Gasteiger partial charge in [-0.1, -0.05) is 0 Å². The van der Waals surface area contributed by atoms with E-state index in [2.05, 4.69) is 22.9 Å². The lowest BCUT2D eigenvalue weighted by Gasteiger charge is -2.27. The predicted octanol–water partition coefficient (Wildman–Crippen LogP) is -2.14. The van der Waals surface area contributed by atoms with E-state index in [1.807, 2.05) is 0 Å². The van der Waals surface area contributed by atoms with Crippen molar-refractivity contribution in [2.24, 2.45) is 22.2 Å². The van der Waals surface area contributed by atoms with Crippen LogP contribution in [0.15, 0.2) is 4.99 Å². The van der Waals surface area contributed by atoms with E-state index in [1.165, 1.54) is 4.90 Å². The molecule has 0 spiro atoms. The van der Waals surface area contributed by atoms with E-state index in [1.54, 1.807) is 0 Å². The van der Waals surface area contributed by atoms with E-state index in [0.717, 1.165) is 0 Å². The Kier molecular flexibility index (Phi) is 8.49. The quantitative estimate of drug-likeness (QED) is 0.115. The highest BCUT2D eigenvalue weighted by Crippen LogP contribution is 2.19. The van der Waals surface area contributed by atoms with Crippen LogP contribution in [0.25, 0.3) is 0 Å². The van der Waals surface area contributed by atoms with Gasteiger partial charge in [0, 0.05) is 18.8 Å². The number of amides is 2. The number of nitrogens with zero attached hydrogens (tertiary/aromatic N) is 2. The van der Waals surface area contributed by atoms with Crippen LogP contribution in [0.1, 0.15) is 25.7 Å². The van der Waals surface area contributed by atoms with Crippen molar-refractivity contribution < 1.29 is 19.5 Å². The SMILES string of the molecule is NC(N)=NCCCC(NC(=O)C1CCCN1C(=O)C(N)CS)C(=O)O. The van der Waals surface area contributed by atoms with Crippen LogP contribution >= 0.6 is 12.6 Å². The van der Waals surface area contributed by atoms with Crippen molar-refractivity contribution in [3.05, 3.63) is 0 Å². The molecule has 1 heterocycles. The van der Waals surface area contributed by atoms with Crippen LogP contribution in [-0.4, -0.2) is 70.7 Å². The van der Waals surface area contributed by atoms with Gasteiger partial charge in [0.25, 0.3) is 0 Å². The van der Waals surface area contributed by atoms with Crippen LogP contribution in [0.5, 0.6) is 0 Å². The lowest BCUT2D eigenvalue weighted by Crippen LogP contribution is -2.54. The summed E-state index contributed by atoms with van der Waals surface area (Å²) in [6.45, 7) is 0.688. The Hall–Kier alpha value is -2.01. The first-order valence-corrected chi connectivity index (χ1v) is 8.66. The smallest absolute Gasteiger partial charge is 0.326 e. The molecule has 0 aromatic rings. The summed E-state index contributed by atoms with van der Waals surface area (Å²) < 4.78 is 0. The lowest BCUT2D eigenvalue weighted by molar-refractivity contribution is -0.144. The van der Waals surface area contributed by atoms with Gasteiger partial charge < -0.3 is 32.5 Å². The van der Waals surface area contributed by atoms with Crippen molar-refractivity contribution in [2.45, 2.75) is 43.8 Å². The van der Waals surface area contributed by atoms with Gasteiger partial charge in [-0.15, -0.1) is 0 Å². The Balaban J connectivity index is 2.64. The molecule has 0 radical (unpaired) electrons. The summed E-state index contributed by atoms with van der Waals surface area (Å²) in [7, 11) is 0. The molecule has 142 valence electrons. The maximum absolute atomic E-state index is 12.4. The summed E-state index contributed by atoms with van der Waals surface area (Å²) in [5.74, 6) is -1.90. The molecule has 1 aliphatic rings. The standard InChI is InChI=1S/C14H26N6O4S/c15-8(7-25)12(22)20-6-2-4-10(20)11(21)19-9(13(23)24)3-1-5-18-14(16)17/h8-10,25H,1-7,15H2,(H,19,21)(H,23,24)(H4,16,17,18). The molecule has 8 N–H and O–H groups in total. The molecule has 10 nitrogen and oxygen atoms in total. The molecule has 2 amide bonds. The van der Waals surface area contributed by atoms with Crippen LogP contribution in [0.2, 0.25) is 0 Å². The van der Waals surface area contributed by atoms with Crippen LogP contribution in [0.4, 0.5) is 0 Å². The number of aliphatic imine (C=N–C) groups is 1. The molecule has 1 saturated heterocycles. The zero-order valence-electron chi connectivity index (χ0n) is 13.9. The summed E-state index contributed by atoms with van der Waals surface area (Å²) in [5.41, 5.74) is 16.1.